The molecule has 1 atom stereocenters. The molecule has 18 heavy (non-hydrogen) atoms. The van der Waals surface area contributed by atoms with Crippen LogP contribution < -0.4 is 11.1 Å². The molecule has 0 saturated carbocycles. The SMILES string of the molecule is CCC(C)(NC(=O)c1ccc(F)c(C)c1)C(N)=S. The Morgan fingerprint density at radius 2 is 2.17 bits per heavy atom. The molecule has 1 aromatic carbocycles. The van der Waals surface area contributed by atoms with Crippen molar-refractivity contribution in [3.63, 3.8) is 0 Å². The first-order valence-corrected chi connectivity index (χ1v) is 6.09. The maximum Gasteiger partial charge on any atom is 0.252 e. The molecule has 0 saturated heterocycles. The van der Waals surface area contributed by atoms with Crippen molar-refractivity contribution in [3.05, 3.63) is 35.1 Å². The van der Waals surface area contributed by atoms with Gasteiger partial charge in [-0.1, -0.05) is 19.1 Å². The van der Waals surface area contributed by atoms with E-state index < -0.39 is 5.54 Å². The second-order valence-electron chi connectivity index (χ2n) is 4.47. The van der Waals surface area contributed by atoms with Crippen LogP contribution in [-0.4, -0.2) is 16.4 Å². The summed E-state index contributed by atoms with van der Waals surface area (Å²) in [5.41, 5.74) is 5.71. The normalized spacial score (nSPS) is 13.8. The van der Waals surface area contributed by atoms with Crippen LogP contribution >= 0.6 is 12.2 Å². The lowest BCUT2D eigenvalue weighted by Crippen LogP contribution is -2.54. The highest BCUT2D eigenvalue weighted by molar-refractivity contribution is 7.80. The molecular weight excluding hydrogens is 251 g/mol. The largest absolute Gasteiger partial charge is 0.391 e. The second-order valence-corrected chi connectivity index (χ2v) is 4.91. The molecule has 0 radical (unpaired) electrons. The summed E-state index contributed by atoms with van der Waals surface area (Å²) in [6, 6.07) is 4.21. The number of thiocarbonyl (C=S) groups is 1. The number of rotatable bonds is 4. The topological polar surface area (TPSA) is 55.1 Å². The molecule has 0 bridgehead atoms. The monoisotopic (exact) mass is 268 g/mol. The summed E-state index contributed by atoms with van der Waals surface area (Å²) in [5.74, 6) is -0.644. The van der Waals surface area contributed by atoms with Crippen molar-refractivity contribution in [1.82, 2.24) is 5.32 Å². The Morgan fingerprint density at radius 1 is 1.56 bits per heavy atom. The quantitative estimate of drug-likeness (QED) is 0.824. The molecule has 0 aliphatic rings. The lowest BCUT2D eigenvalue weighted by Gasteiger charge is -2.28. The van der Waals surface area contributed by atoms with E-state index in [0.717, 1.165) is 0 Å². The average molecular weight is 268 g/mol. The lowest BCUT2D eigenvalue weighted by molar-refractivity contribution is 0.0926. The van der Waals surface area contributed by atoms with Gasteiger partial charge in [0.2, 0.25) is 0 Å². The highest BCUT2D eigenvalue weighted by Crippen LogP contribution is 2.13. The molecule has 0 aliphatic carbocycles. The minimum atomic E-state index is -0.727. The van der Waals surface area contributed by atoms with Gasteiger partial charge in [-0.25, -0.2) is 4.39 Å². The Morgan fingerprint density at radius 3 is 2.61 bits per heavy atom. The van der Waals surface area contributed by atoms with Gasteiger partial charge < -0.3 is 11.1 Å². The third-order valence-electron chi connectivity index (χ3n) is 3.06. The molecule has 0 fully saturated rings. The molecule has 3 N–H and O–H groups in total. The van der Waals surface area contributed by atoms with Gasteiger partial charge >= 0.3 is 0 Å². The summed E-state index contributed by atoms with van der Waals surface area (Å²) in [6.07, 6.45) is 0.592. The van der Waals surface area contributed by atoms with Gasteiger partial charge in [-0.05, 0) is 44.0 Å². The van der Waals surface area contributed by atoms with E-state index in [4.69, 9.17) is 18.0 Å². The van der Waals surface area contributed by atoms with E-state index in [1.165, 1.54) is 18.2 Å². The summed E-state index contributed by atoms with van der Waals surface area (Å²) >= 11 is 4.95. The number of amides is 1. The molecule has 1 rings (SSSR count). The first-order chi connectivity index (χ1) is 8.30. The van der Waals surface area contributed by atoms with E-state index in [9.17, 15) is 9.18 Å². The number of carbonyl (C=O) groups is 1. The first-order valence-electron chi connectivity index (χ1n) is 5.68. The van der Waals surface area contributed by atoms with E-state index in [1.54, 1.807) is 13.8 Å². The third kappa shape index (κ3) is 3.04. The minimum Gasteiger partial charge on any atom is -0.391 e. The molecule has 1 unspecified atom stereocenters. The minimum absolute atomic E-state index is 0.234. The smallest absolute Gasteiger partial charge is 0.252 e. The van der Waals surface area contributed by atoms with Crippen LogP contribution in [0.1, 0.15) is 36.2 Å². The van der Waals surface area contributed by atoms with E-state index >= 15 is 0 Å². The Bertz CT molecular complexity index is 490. The van der Waals surface area contributed by atoms with E-state index in [0.29, 0.717) is 17.5 Å². The number of halogens is 1. The standard InChI is InChI=1S/C13H17FN2OS/c1-4-13(3,12(15)18)16-11(17)9-5-6-10(14)8(2)7-9/h5-7H,4H2,1-3H3,(H2,15,18)(H,16,17). The Kier molecular flexibility index (Phi) is 4.40. The van der Waals surface area contributed by atoms with Crippen LogP contribution in [0.5, 0.6) is 0 Å². The van der Waals surface area contributed by atoms with Crippen LogP contribution in [0, 0.1) is 12.7 Å². The molecule has 0 heterocycles. The predicted octanol–water partition coefficient (Wildman–Crippen LogP) is 2.32. The third-order valence-corrected chi connectivity index (χ3v) is 3.51. The van der Waals surface area contributed by atoms with Crippen molar-refractivity contribution in [1.29, 1.82) is 0 Å². The number of hydrogen-bond acceptors (Lipinski definition) is 2. The summed E-state index contributed by atoms with van der Waals surface area (Å²) in [7, 11) is 0. The molecule has 1 aromatic rings. The van der Waals surface area contributed by atoms with Gasteiger partial charge in [0.05, 0.1) is 10.5 Å². The van der Waals surface area contributed by atoms with Crippen LogP contribution in [0.3, 0.4) is 0 Å². The first kappa shape index (κ1) is 14.6. The molecule has 3 nitrogen and oxygen atoms in total. The summed E-state index contributed by atoms with van der Waals surface area (Å²) in [5, 5.41) is 2.78. The number of benzene rings is 1. The molecule has 1 amide bonds. The van der Waals surface area contributed by atoms with E-state index in [-0.39, 0.29) is 16.7 Å². The molecule has 0 spiro atoms. The van der Waals surface area contributed by atoms with Gasteiger partial charge in [0.25, 0.3) is 5.91 Å². The van der Waals surface area contributed by atoms with Crippen LogP contribution in [0.15, 0.2) is 18.2 Å². The maximum atomic E-state index is 13.1. The molecule has 5 heteroatoms. The molecule has 0 aromatic heterocycles. The fourth-order valence-corrected chi connectivity index (χ4v) is 1.63. The number of nitrogens with one attached hydrogen (secondary N) is 1. The summed E-state index contributed by atoms with van der Waals surface area (Å²) in [4.78, 5) is 12.3. The fourth-order valence-electron chi connectivity index (χ4n) is 1.43. The van der Waals surface area contributed by atoms with Crippen LogP contribution in [0.2, 0.25) is 0 Å². The van der Waals surface area contributed by atoms with Gasteiger partial charge in [0, 0.05) is 5.56 Å². The summed E-state index contributed by atoms with van der Waals surface area (Å²) < 4.78 is 13.1. The summed E-state index contributed by atoms with van der Waals surface area (Å²) in [6.45, 7) is 5.26. The van der Waals surface area contributed by atoms with Gasteiger partial charge in [-0.15, -0.1) is 0 Å². The zero-order valence-electron chi connectivity index (χ0n) is 10.7. The average Bonchev–Trinajstić information content (AvgIpc) is 2.32. The number of hydrogen-bond donors (Lipinski definition) is 2. The fraction of sp³-hybridized carbons (Fsp3) is 0.385. The molecular formula is C13H17FN2OS. The number of nitrogens with two attached hydrogens (primary N) is 1. The van der Waals surface area contributed by atoms with Gasteiger partial charge in [0.1, 0.15) is 5.82 Å². The van der Waals surface area contributed by atoms with Crippen LogP contribution in [0.4, 0.5) is 4.39 Å². The zero-order chi connectivity index (χ0) is 13.9. The lowest BCUT2D eigenvalue weighted by atomic mass is 9.98. The van der Waals surface area contributed by atoms with E-state index in [1.807, 2.05) is 6.92 Å². The number of carbonyl (C=O) groups excluding carboxylic acids is 1. The Hall–Kier alpha value is -1.49. The van der Waals surface area contributed by atoms with Gasteiger partial charge in [-0.3, -0.25) is 4.79 Å². The zero-order valence-corrected chi connectivity index (χ0v) is 11.5. The van der Waals surface area contributed by atoms with Crippen LogP contribution in [0.25, 0.3) is 0 Å². The predicted molar refractivity (Wildman–Crippen MR) is 74.1 cm³/mol. The van der Waals surface area contributed by atoms with Gasteiger partial charge in [0.15, 0.2) is 0 Å². The Balaban J connectivity index is 2.95. The maximum absolute atomic E-state index is 13.1. The van der Waals surface area contributed by atoms with Crippen molar-refractivity contribution in [2.24, 2.45) is 5.73 Å². The van der Waals surface area contributed by atoms with Gasteiger partial charge in [-0.2, -0.15) is 0 Å². The molecule has 0 aliphatic heterocycles. The highest BCUT2D eigenvalue weighted by Gasteiger charge is 2.28. The van der Waals surface area contributed by atoms with Crippen LogP contribution in [-0.2, 0) is 0 Å². The second kappa shape index (κ2) is 5.44. The van der Waals surface area contributed by atoms with Crippen molar-refractivity contribution >= 4 is 23.1 Å². The Labute approximate surface area is 112 Å². The number of aryl methyl sites for hydroxylation is 1. The molecule has 98 valence electrons. The van der Waals surface area contributed by atoms with Crippen molar-refractivity contribution in [2.45, 2.75) is 32.7 Å². The van der Waals surface area contributed by atoms with E-state index in [2.05, 4.69) is 5.32 Å². The highest BCUT2D eigenvalue weighted by atomic mass is 32.1. The van der Waals surface area contributed by atoms with Crippen molar-refractivity contribution in [2.75, 3.05) is 0 Å². The van der Waals surface area contributed by atoms with Crippen molar-refractivity contribution in [3.8, 4) is 0 Å². The van der Waals surface area contributed by atoms with Crippen molar-refractivity contribution < 1.29 is 9.18 Å².